The smallest absolute Gasteiger partial charge is 0.224 e. The maximum Gasteiger partial charge on any atom is 0.224 e. The number of allylic oxidation sites excluding steroid dienone is 2. The Morgan fingerprint density at radius 2 is 1.75 bits per heavy atom. The van der Waals surface area contributed by atoms with Crippen LogP contribution in [-0.4, -0.2) is 43.8 Å². The first-order chi connectivity index (χ1) is 21.3. The van der Waals surface area contributed by atoms with Gasteiger partial charge in [-0.2, -0.15) is 0 Å². The number of para-hydroxylation sites is 2. The molecule has 0 aliphatic heterocycles. The Morgan fingerprint density at radius 3 is 2.43 bits per heavy atom. The van der Waals surface area contributed by atoms with E-state index in [0.29, 0.717) is 12.2 Å². The summed E-state index contributed by atoms with van der Waals surface area (Å²) in [6, 6.07) is 24.0. The maximum absolute atomic E-state index is 13.0. The molecule has 9 nitrogen and oxygen atoms in total. The third-order valence-electron chi connectivity index (χ3n) is 6.66. The first-order valence-corrected chi connectivity index (χ1v) is 14.8. The lowest BCUT2D eigenvalue weighted by atomic mass is 10.1. The van der Waals surface area contributed by atoms with E-state index in [1.807, 2.05) is 92.8 Å². The number of benzene rings is 3. The Hall–Kier alpha value is -4.93. The molecule has 1 aromatic heterocycles. The summed E-state index contributed by atoms with van der Waals surface area (Å²) < 4.78 is 3.45. The van der Waals surface area contributed by atoms with Crippen molar-refractivity contribution in [2.24, 2.45) is 15.7 Å². The van der Waals surface area contributed by atoms with Gasteiger partial charge in [-0.15, -0.1) is 0 Å². The summed E-state index contributed by atoms with van der Waals surface area (Å²) >= 11 is 1.53. The van der Waals surface area contributed by atoms with Gasteiger partial charge >= 0.3 is 0 Å². The van der Waals surface area contributed by atoms with Gasteiger partial charge in [0.05, 0.1) is 23.4 Å². The number of hydrogen-bond acceptors (Lipinski definition) is 7. The van der Waals surface area contributed by atoms with E-state index in [9.17, 15) is 4.79 Å². The molecule has 0 unspecified atom stereocenters. The molecule has 4 rings (SSSR count). The van der Waals surface area contributed by atoms with Gasteiger partial charge in [-0.25, -0.2) is 4.99 Å². The van der Waals surface area contributed by atoms with Crippen molar-refractivity contribution in [1.82, 2.24) is 10.3 Å². The number of carbonyl (C=O) groups is 1. The monoisotopic (exact) mass is 608 g/mol. The molecule has 3 aromatic carbocycles. The topological polar surface area (TPSA) is 135 Å². The molecule has 0 saturated carbocycles. The molecule has 1 heterocycles. The normalized spacial score (nSPS) is 11.8. The first-order valence-electron chi connectivity index (χ1n) is 14.0. The van der Waals surface area contributed by atoms with E-state index >= 15 is 0 Å². The highest BCUT2D eigenvalue weighted by atomic mass is 32.2. The highest BCUT2D eigenvalue weighted by Gasteiger charge is 2.20. The van der Waals surface area contributed by atoms with Gasteiger partial charge in [0.1, 0.15) is 5.84 Å². The minimum Gasteiger partial charge on any atom is -0.392 e. The van der Waals surface area contributed by atoms with E-state index in [1.54, 1.807) is 31.2 Å². The molecule has 44 heavy (non-hydrogen) atoms. The first kappa shape index (κ1) is 33.6. The molecule has 228 valence electrons. The number of nitrogens with two attached hydrogens (primary N) is 1. The summed E-state index contributed by atoms with van der Waals surface area (Å²) in [5.74, 6) is 0.0494. The molecule has 1 amide bonds. The van der Waals surface area contributed by atoms with Crippen molar-refractivity contribution in [3.8, 4) is 0 Å². The number of fused-ring (bicyclic) bond motifs is 1. The zero-order chi connectivity index (χ0) is 32.1. The number of aromatic nitrogens is 1. The van der Waals surface area contributed by atoms with Gasteiger partial charge in [0.2, 0.25) is 5.91 Å². The van der Waals surface area contributed by atoms with E-state index < -0.39 is 0 Å². The molecule has 6 N–H and O–H groups in total. The lowest BCUT2D eigenvalue weighted by Gasteiger charge is -2.24. The van der Waals surface area contributed by atoms with Crippen molar-refractivity contribution in [2.75, 3.05) is 23.7 Å². The average molecular weight is 609 g/mol. The molecular formula is C34H40N8OS. The number of rotatable bonds is 11. The van der Waals surface area contributed by atoms with Crippen LogP contribution < -0.4 is 20.7 Å². The molecule has 0 atom stereocenters. The second kappa shape index (κ2) is 16.6. The van der Waals surface area contributed by atoms with E-state index in [4.69, 9.17) is 5.41 Å². The number of nitrogens with zero attached hydrogens (tertiary/aromatic N) is 3. The van der Waals surface area contributed by atoms with Gasteiger partial charge in [0, 0.05) is 59.7 Å². The predicted octanol–water partition coefficient (Wildman–Crippen LogP) is 7.02. The lowest BCUT2D eigenvalue weighted by Crippen LogP contribution is -2.28. The Balaban J connectivity index is 0.00000259. The molecule has 0 spiro atoms. The Morgan fingerprint density at radius 1 is 1.05 bits per heavy atom. The number of H-pyrrole nitrogens is 1. The number of hydrogen-bond donors (Lipinski definition) is 5. The number of nitrogens with one attached hydrogen (secondary N) is 4. The summed E-state index contributed by atoms with van der Waals surface area (Å²) in [4.78, 5) is 27.8. The van der Waals surface area contributed by atoms with Crippen molar-refractivity contribution in [3.63, 3.8) is 0 Å². The van der Waals surface area contributed by atoms with Crippen molar-refractivity contribution >= 4 is 64.6 Å². The van der Waals surface area contributed by atoms with Gasteiger partial charge in [-0.1, -0.05) is 48.5 Å². The highest BCUT2D eigenvalue weighted by molar-refractivity contribution is 8.00. The fourth-order valence-corrected chi connectivity index (χ4v) is 5.14. The van der Waals surface area contributed by atoms with Gasteiger partial charge in [-0.3, -0.25) is 15.2 Å². The molecule has 0 saturated heterocycles. The molecule has 0 bridgehead atoms. The quantitative estimate of drug-likeness (QED) is 0.0709. The van der Waals surface area contributed by atoms with Crippen molar-refractivity contribution < 1.29 is 4.79 Å². The largest absolute Gasteiger partial charge is 0.392 e. The molecular weight excluding hydrogens is 568 g/mol. The van der Waals surface area contributed by atoms with E-state index in [2.05, 4.69) is 37.5 Å². The summed E-state index contributed by atoms with van der Waals surface area (Å²) in [7, 11) is 3.30. The van der Waals surface area contributed by atoms with Gasteiger partial charge in [0.15, 0.2) is 0 Å². The Bertz CT molecular complexity index is 1690. The van der Waals surface area contributed by atoms with Crippen LogP contribution in [0.15, 0.2) is 111 Å². The van der Waals surface area contributed by atoms with Crippen molar-refractivity contribution in [1.29, 1.82) is 5.41 Å². The second-order valence-corrected chi connectivity index (χ2v) is 10.5. The fraction of sp³-hybridized carbons (Fsp3) is 0.176. The summed E-state index contributed by atoms with van der Waals surface area (Å²) in [6.07, 6.45) is 5.14. The minimum atomic E-state index is -0.0754. The third kappa shape index (κ3) is 8.56. The standard InChI is InChI=1S/C33H35N7OS.CH5N/c1-22(19-37-31(34)18-23(2)35-4)32(36-5)28-20-38-33-27(28)15-11-17-30(33)40(24(3)41)21-25-12-9-10-16-29(25)39-42-26-13-7-6-8-14-26;1-2/h6-20,34-35,38-39H,5,21H2,1-4H3;2H2,1H3/b23-18-,32-22-,34-31?,37-19?;. The number of amides is 1. The zero-order valence-corrected chi connectivity index (χ0v) is 26.6. The fourth-order valence-electron chi connectivity index (χ4n) is 4.42. The molecule has 10 heteroatoms. The molecule has 0 fully saturated rings. The lowest BCUT2D eigenvalue weighted by molar-refractivity contribution is -0.116. The number of aromatic amines is 1. The van der Waals surface area contributed by atoms with Crippen molar-refractivity contribution in [3.05, 3.63) is 107 Å². The molecule has 0 radical (unpaired) electrons. The number of anilines is 2. The van der Waals surface area contributed by atoms with Crippen LogP contribution in [0.4, 0.5) is 11.4 Å². The van der Waals surface area contributed by atoms with E-state index in [1.165, 1.54) is 19.0 Å². The van der Waals surface area contributed by atoms with Crippen LogP contribution in [0.25, 0.3) is 16.6 Å². The Kier molecular flexibility index (Phi) is 12.7. The molecule has 0 aliphatic rings. The summed E-state index contributed by atoms with van der Waals surface area (Å²) in [5, 5.41) is 12.0. The van der Waals surface area contributed by atoms with Gasteiger partial charge < -0.3 is 25.7 Å². The summed E-state index contributed by atoms with van der Waals surface area (Å²) in [5.41, 5.74) is 11.1. The molecule has 4 aromatic rings. The van der Waals surface area contributed by atoms with Crippen LogP contribution >= 0.6 is 11.9 Å². The molecule has 0 aliphatic carbocycles. The van der Waals surface area contributed by atoms with Crippen LogP contribution in [-0.2, 0) is 11.3 Å². The van der Waals surface area contributed by atoms with Crippen LogP contribution in [0, 0.1) is 5.41 Å². The zero-order valence-electron chi connectivity index (χ0n) is 25.8. The third-order valence-corrected chi connectivity index (χ3v) is 7.49. The second-order valence-electron chi connectivity index (χ2n) is 9.59. The summed E-state index contributed by atoms with van der Waals surface area (Å²) in [6.45, 7) is 9.51. The minimum absolute atomic E-state index is 0.0754. The van der Waals surface area contributed by atoms with E-state index in [-0.39, 0.29) is 11.7 Å². The van der Waals surface area contributed by atoms with Crippen LogP contribution in [0.1, 0.15) is 31.9 Å². The highest BCUT2D eigenvalue weighted by Crippen LogP contribution is 2.35. The number of amidine groups is 1. The van der Waals surface area contributed by atoms with Crippen molar-refractivity contribution in [2.45, 2.75) is 32.2 Å². The SMILES string of the molecule is C=N/C(=C(/C)C=NC(=N)/C=C(/C)NC)c1c[nH]c2c(N(Cc3ccccc3NSc3ccccc3)C(C)=O)cccc12.CN. The maximum atomic E-state index is 13.0. The van der Waals surface area contributed by atoms with Crippen LogP contribution in [0.2, 0.25) is 0 Å². The van der Waals surface area contributed by atoms with E-state index in [0.717, 1.165) is 49.6 Å². The average Bonchev–Trinajstić information content (AvgIpc) is 3.48. The van der Waals surface area contributed by atoms with Gasteiger partial charge in [0.25, 0.3) is 0 Å². The van der Waals surface area contributed by atoms with Crippen LogP contribution in [0.5, 0.6) is 0 Å². The van der Waals surface area contributed by atoms with Gasteiger partial charge in [-0.05, 0) is 75.0 Å². The number of carbonyl (C=O) groups excluding carboxylic acids is 1. The van der Waals surface area contributed by atoms with Crippen LogP contribution in [0.3, 0.4) is 0 Å². The number of aliphatic imine (C=N–C) groups is 2. The Labute approximate surface area is 263 Å². The predicted molar refractivity (Wildman–Crippen MR) is 189 cm³/mol.